The number of hydrogen-bond acceptors (Lipinski definition) is 5. The molecule has 2 aromatic rings. The first kappa shape index (κ1) is 14.2. The standard InChI is InChI=1S/C12H13N3O4S2/c16-10(17)8-7-13-11(14-8)12(4-2-5-12)15-21(18,19)9-3-1-6-20-9/h1,3,6-7,15H,2,4-5H2,(H,13,14)(H,16,17). The summed E-state index contributed by atoms with van der Waals surface area (Å²) in [5, 5.41) is 10.6. The molecule has 3 rings (SSSR count). The molecule has 0 spiro atoms. The summed E-state index contributed by atoms with van der Waals surface area (Å²) in [4.78, 5) is 17.6. The number of carboxylic acid groups (broad SMARTS) is 1. The van der Waals surface area contributed by atoms with Gasteiger partial charge >= 0.3 is 5.97 Å². The van der Waals surface area contributed by atoms with Gasteiger partial charge in [0.2, 0.25) is 0 Å². The maximum absolute atomic E-state index is 12.4. The molecular weight excluding hydrogens is 314 g/mol. The highest BCUT2D eigenvalue weighted by atomic mass is 32.2. The van der Waals surface area contributed by atoms with E-state index in [4.69, 9.17) is 5.11 Å². The largest absolute Gasteiger partial charge is 0.477 e. The van der Waals surface area contributed by atoms with Crippen LogP contribution in [0.1, 0.15) is 35.6 Å². The van der Waals surface area contributed by atoms with Gasteiger partial charge in [0.15, 0.2) is 0 Å². The van der Waals surface area contributed by atoms with Crippen LogP contribution < -0.4 is 4.72 Å². The van der Waals surface area contributed by atoms with E-state index in [0.717, 1.165) is 17.8 Å². The third-order valence-electron chi connectivity index (χ3n) is 3.56. The molecule has 2 aromatic heterocycles. The van der Waals surface area contributed by atoms with Crippen molar-refractivity contribution in [1.82, 2.24) is 14.7 Å². The van der Waals surface area contributed by atoms with Crippen molar-refractivity contribution in [3.05, 3.63) is 35.2 Å². The second kappa shape index (κ2) is 4.93. The highest BCUT2D eigenvalue weighted by Gasteiger charge is 2.45. The van der Waals surface area contributed by atoms with Gasteiger partial charge in [-0.3, -0.25) is 0 Å². The summed E-state index contributed by atoms with van der Waals surface area (Å²) in [5.41, 5.74) is -0.886. The molecule has 0 aliphatic heterocycles. The van der Waals surface area contributed by atoms with Crippen molar-refractivity contribution in [2.45, 2.75) is 29.0 Å². The summed E-state index contributed by atoms with van der Waals surface area (Å²) in [6.07, 6.45) is 3.24. The Kier molecular flexibility index (Phi) is 3.34. The summed E-state index contributed by atoms with van der Waals surface area (Å²) < 4.78 is 27.6. The minimum atomic E-state index is -3.63. The molecule has 1 fully saturated rings. The predicted octanol–water partition coefficient (Wildman–Crippen LogP) is 1.53. The van der Waals surface area contributed by atoms with E-state index in [1.54, 1.807) is 11.4 Å². The van der Waals surface area contributed by atoms with Gasteiger partial charge in [0.1, 0.15) is 15.7 Å². The maximum Gasteiger partial charge on any atom is 0.353 e. The molecular formula is C12H13N3O4S2. The molecule has 1 aliphatic rings. The van der Waals surface area contributed by atoms with E-state index in [1.165, 1.54) is 12.3 Å². The van der Waals surface area contributed by atoms with Crippen molar-refractivity contribution in [1.29, 1.82) is 0 Å². The number of nitrogens with one attached hydrogen (secondary N) is 2. The first-order valence-electron chi connectivity index (χ1n) is 6.29. The summed E-state index contributed by atoms with van der Waals surface area (Å²) in [6, 6.07) is 3.20. The van der Waals surface area contributed by atoms with Crippen LogP contribution in [-0.2, 0) is 15.6 Å². The van der Waals surface area contributed by atoms with Crippen LogP contribution in [0.4, 0.5) is 0 Å². The van der Waals surface area contributed by atoms with Crippen LogP contribution in [0.5, 0.6) is 0 Å². The highest BCUT2D eigenvalue weighted by Crippen LogP contribution is 2.41. The number of rotatable bonds is 5. The fraction of sp³-hybridized carbons (Fsp3) is 0.333. The van der Waals surface area contributed by atoms with Gasteiger partial charge in [0.05, 0.1) is 11.7 Å². The number of aromatic amines is 1. The first-order chi connectivity index (χ1) is 9.93. The maximum atomic E-state index is 12.4. The summed E-state index contributed by atoms with van der Waals surface area (Å²) >= 11 is 1.14. The van der Waals surface area contributed by atoms with Crippen LogP contribution in [0.25, 0.3) is 0 Å². The quantitative estimate of drug-likeness (QED) is 0.771. The van der Waals surface area contributed by atoms with Crippen LogP contribution in [0.2, 0.25) is 0 Å². The van der Waals surface area contributed by atoms with E-state index in [2.05, 4.69) is 14.7 Å². The van der Waals surface area contributed by atoms with Gasteiger partial charge < -0.3 is 10.1 Å². The normalized spacial score (nSPS) is 17.3. The van der Waals surface area contributed by atoms with Crippen LogP contribution in [0.15, 0.2) is 27.9 Å². The lowest BCUT2D eigenvalue weighted by atomic mass is 9.77. The summed E-state index contributed by atoms with van der Waals surface area (Å²) in [7, 11) is -3.63. The molecule has 9 heteroatoms. The fourth-order valence-electron chi connectivity index (χ4n) is 2.31. The number of thiophene rings is 1. The zero-order chi connectivity index (χ0) is 15.1. The van der Waals surface area contributed by atoms with E-state index in [0.29, 0.717) is 18.7 Å². The van der Waals surface area contributed by atoms with E-state index in [9.17, 15) is 13.2 Å². The lowest BCUT2D eigenvalue weighted by Crippen LogP contribution is -2.51. The van der Waals surface area contributed by atoms with Crippen molar-refractivity contribution in [2.24, 2.45) is 0 Å². The fourth-order valence-corrected chi connectivity index (χ4v) is 4.73. The highest BCUT2D eigenvalue weighted by molar-refractivity contribution is 7.91. The molecule has 21 heavy (non-hydrogen) atoms. The Morgan fingerprint density at radius 3 is 2.71 bits per heavy atom. The lowest BCUT2D eigenvalue weighted by Gasteiger charge is -2.40. The minimum absolute atomic E-state index is 0.0494. The van der Waals surface area contributed by atoms with Crippen molar-refractivity contribution >= 4 is 27.3 Å². The summed E-state index contributed by atoms with van der Waals surface area (Å²) in [6.45, 7) is 0. The smallest absolute Gasteiger partial charge is 0.353 e. The Bertz CT molecular complexity index is 760. The molecule has 0 unspecified atom stereocenters. The van der Waals surface area contributed by atoms with Gasteiger partial charge in [-0.05, 0) is 30.7 Å². The Labute approximate surface area is 125 Å². The SMILES string of the molecule is O=C(O)c1cnc(C2(NS(=O)(=O)c3cccs3)CCC2)[nH]1. The first-order valence-corrected chi connectivity index (χ1v) is 8.65. The molecule has 0 atom stereocenters. The molecule has 112 valence electrons. The van der Waals surface area contributed by atoms with E-state index in [-0.39, 0.29) is 9.90 Å². The number of hydrogen-bond donors (Lipinski definition) is 3. The molecule has 7 nitrogen and oxygen atoms in total. The minimum Gasteiger partial charge on any atom is -0.477 e. The van der Waals surface area contributed by atoms with Crippen molar-refractivity contribution in [3.8, 4) is 0 Å². The van der Waals surface area contributed by atoms with Crippen molar-refractivity contribution in [3.63, 3.8) is 0 Å². The Balaban J connectivity index is 1.92. The molecule has 2 heterocycles. The molecule has 0 bridgehead atoms. The number of nitrogens with zero attached hydrogens (tertiary/aromatic N) is 1. The second-order valence-corrected chi connectivity index (χ2v) is 7.78. The number of carbonyl (C=O) groups is 1. The van der Waals surface area contributed by atoms with Crippen LogP contribution in [0, 0.1) is 0 Å². The van der Waals surface area contributed by atoms with Crippen LogP contribution >= 0.6 is 11.3 Å². The third kappa shape index (κ3) is 2.47. The van der Waals surface area contributed by atoms with Gasteiger partial charge in [-0.1, -0.05) is 6.07 Å². The van der Waals surface area contributed by atoms with Gasteiger partial charge in [-0.15, -0.1) is 11.3 Å². The Hall–Kier alpha value is -1.71. The van der Waals surface area contributed by atoms with Crippen molar-refractivity contribution in [2.75, 3.05) is 0 Å². The van der Waals surface area contributed by atoms with E-state index in [1.807, 2.05) is 0 Å². The Morgan fingerprint density at radius 2 is 2.24 bits per heavy atom. The predicted molar refractivity (Wildman–Crippen MR) is 75.7 cm³/mol. The van der Waals surface area contributed by atoms with Crippen molar-refractivity contribution < 1.29 is 18.3 Å². The number of sulfonamides is 1. The molecule has 1 saturated carbocycles. The second-order valence-electron chi connectivity index (χ2n) is 4.92. The number of H-pyrrole nitrogens is 1. The average Bonchev–Trinajstić information content (AvgIpc) is 3.04. The van der Waals surface area contributed by atoms with Gasteiger partial charge in [0, 0.05) is 0 Å². The number of aromatic nitrogens is 2. The topological polar surface area (TPSA) is 112 Å². The van der Waals surface area contributed by atoms with Gasteiger partial charge in [-0.2, -0.15) is 4.72 Å². The zero-order valence-electron chi connectivity index (χ0n) is 10.9. The molecule has 0 aromatic carbocycles. The molecule has 0 saturated heterocycles. The monoisotopic (exact) mass is 327 g/mol. The number of imidazole rings is 1. The lowest BCUT2D eigenvalue weighted by molar-refractivity contribution is 0.0690. The molecule has 0 radical (unpaired) electrons. The van der Waals surface area contributed by atoms with E-state index < -0.39 is 21.5 Å². The van der Waals surface area contributed by atoms with Crippen LogP contribution in [0.3, 0.4) is 0 Å². The van der Waals surface area contributed by atoms with Crippen LogP contribution in [-0.4, -0.2) is 29.5 Å². The number of carboxylic acids is 1. The van der Waals surface area contributed by atoms with Gasteiger partial charge in [0.25, 0.3) is 10.0 Å². The van der Waals surface area contributed by atoms with Gasteiger partial charge in [-0.25, -0.2) is 18.2 Å². The third-order valence-corrected chi connectivity index (χ3v) is 6.49. The Morgan fingerprint density at radius 1 is 1.48 bits per heavy atom. The summed E-state index contributed by atoms with van der Waals surface area (Å²) in [5.74, 6) is -0.768. The zero-order valence-corrected chi connectivity index (χ0v) is 12.5. The molecule has 3 N–H and O–H groups in total. The number of aromatic carboxylic acids is 1. The molecule has 1 aliphatic carbocycles. The van der Waals surface area contributed by atoms with E-state index >= 15 is 0 Å². The average molecular weight is 327 g/mol. The molecule has 0 amide bonds.